The van der Waals surface area contributed by atoms with Crippen LogP contribution in [-0.4, -0.2) is 31.3 Å². The van der Waals surface area contributed by atoms with Gasteiger partial charge in [-0.3, -0.25) is 4.99 Å². The first kappa shape index (κ1) is 22.5. The zero-order chi connectivity index (χ0) is 17.6. The van der Waals surface area contributed by atoms with Crippen LogP contribution < -0.4 is 10.6 Å². The molecule has 1 aromatic heterocycles. The van der Waals surface area contributed by atoms with Crippen LogP contribution >= 0.6 is 35.3 Å². The Bertz CT molecular complexity index is 512. The smallest absolute Gasteiger partial charge is 0.357 e. The molecule has 1 atom stereocenters. The van der Waals surface area contributed by atoms with E-state index < -0.39 is 12.1 Å². The summed E-state index contributed by atoms with van der Waals surface area (Å²) in [7, 11) is 0. The van der Waals surface area contributed by atoms with Gasteiger partial charge in [0, 0.05) is 23.4 Å². The Morgan fingerprint density at radius 1 is 1.32 bits per heavy atom. The molecule has 2 N–H and O–H groups in total. The van der Waals surface area contributed by atoms with Gasteiger partial charge < -0.3 is 10.6 Å². The van der Waals surface area contributed by atoms with E-state index in [1.165, 1.54) is 4.88 Å². The molecule has 1 fully saturated rings. The normalized spacial score (nSPS) is 22.8. The van der Waals surface area contributed by atoms with Crippen molar-refractivity contribution in [2.75, 3.05) is 13.1 Å². The monoisotopic (exact) mass is 489 g/mol. The molecule has 0 bridgehead atoms. The number of thiophene rings is 1. The van der Waals surface area contributed by atoms with Crippen LogP contribution in [-0.2, 0) is 0 Å². The van der Waals surface area contributed by atoms with Gasteiger partial charge in [0.25, 0.3) is 0 Å². The van der Waals surface area contributed by atoms with Gasteiger partial charge in [0.15, 0.2) is 5.96 Å². The van der Waals surface area contributed by atoms with E-state index >= 15 is 0 Å². The minimum absolute atomic E-state index is 0. The molecule has 1 aromatic rings. The molecule has 1 heterocycles. The van der Waals surface area contributed by atoms with E-state index in [0.29, 0.717) is 31.3 Å². The molecular formula is C17H27F3IN3S. The van der Waals surface area contributed by atoms with Crippen molar-refractivity contribution in [2.45, 2.75) is 57.7 Å². The fourth-order valence-electron chi connectivity index (χ4n) is 2.97. The highest BCUT2D eigenvalue weighted by atomic mass is 127. The standard InChI is InChI=1S/C17H26F3N3S.HI/c1-3-21-16(22-11-12(2)15-5-4-10-24-15)23-14-8-6-13(7-9-14)17(18,19)20;/h4-5,10,12-14H,3,6-9,11H2,1-2H3,(H2,21,22,23);1H. The van der Waals surface area contributed by atoms with Crippen LogP contribution in [0.5, 0.6) is 0 Å². The van der Waals surface area contributed by atoms with Crippen LogP contribution in [0.1, 0.15) is 50.3 Å². The lowest BCUT2D eigenvalue weighted by atomic mass is 9.85. The third-order valence-electron chi connectivity index (χ3n) is 4.43. The zero-order valence-electron chi connectivity index (χ0n) is 14.6. The molecule has 0 aliphatic heterocycles. The summed E-state index contributed by atoms with van der Waals surface area (Å²) >= 11 is 1.72. The van der Waals surface area contributed by atoms with Gasteiger partial charge in [-0.05, 0) is 44.1 Å². The highest BCUT2D eigenvalue weighted by molar-refractivity contribution is 14.0. The molecule has 1 unspecified atom stereocenters. The maximum Gasteiger partial charge on any atom is 0.391 e. The molecule has 1 aliphatic rings. The number of halogens is 4. The number of rotatable bonds is 5. The first-order chi connectivity index (χ1) is 11.4. The topological polar surface area (TPSA) is 36.4 Å². The van der Waals surface area contributed by atoms with Crippen molar-refractivity contribution in [1.82, 2.24) is 10.6 Å². The molecule has 3 nitrogen and oxygen atoms in total. The van der Waals surface area contributed by atoms with E-state index in [9.17, 15) is 13.2 Å². The predicted molar refractivity (Wildman–Crippen MR) is 109 cm³/mol. The third kappa shape index (κ3) is 7.32. The van der Waals surface area contributed by atoms with Crippen LogP contribution in [0.15, 0.2) is 22.5 Å². The molecule has 0 amide bonds. The van der Waals surface area contributed by atoms with Gasteiger partial charge >= 0.3 is 6.18 Å². The van der Waals surface area contributed by atoms with Gasteiger partial charge in [0.2, 0.25) is 0 Å². The average Bonchev–Trinajstić information content (AvgIpc) is 3.06. The minimum atomic E-state index is -4.06. The van der Waals surface area contributed by atoms with Crippen molar-refractivity contribution < 1.29 is 13.2 Å². The van der Waals surface area contributed by atoms with E-state index in [0.717, 1.165) is 6.54 Å². The van der Waals surface area contributed by atoms with Crippen molar-refractivity contribution in [2.24, 2.45) is 10.9 Å². The minimum Gasteiger partial charge on any atom is -0.357 e. The maximum absolute atomic E-state index is 12.7. The van der Waals surface area contributed by atoms with Crippen LogP contribution in [0.25, 0.3) is 0 Å². The number of guanidine groups is 1. The SMILES string of the molecule is CCNC(=NCC(C)c1cccs1)NC1CCC(C(F)(F)F)CC1.I. The van der Waals surface area contributed by atoms with Gasteiger partial charge in [-0.25, -0.2) is 0 Å². The lowest BCUT2D eigenvalue weighted by molar-refractivity contribution is -0.182. The Balaban J connectivity index is 0.00000312. The summed E-state index contributed by atoms with van der Waals surface area (Å²) < 4.78 is 38.2. The molecule has 0 aromatic carbocycles. The van der Waals surface area contributed by atoms with Crippen molar-refractivity contribution >= 4 is 41.3 Å². The second-order valence-corrected chi connectivity index (χ2v) is 7.35. The largest absolute Gasteiger partial charge is 0.391 e. The van der Waals surface area contributed by atoms with Crippen LogP contribution in [0.3, 0.4) is 0 Å². The summed E-state index contributed by atoms with van der Waals surface area (Å²) in [6.45, 7) is 5.51. The van der Waals surface area contributed by atoms with E-state index in [-0.39, 0.29) is 42.9 Å². The van der Waals surface area contributed by atoms with Gasteiger partial charge in [-0.1, -0.05) is 13.0 Å². The first-order valence-corrected chi connectivity index (χ1v) is 9.43. The molecule has 0 spiro atoms. The number of nitrogens with zero attached hydrogens (tertiary/aromatic N) is 1. The van der Waals surface area contributed by atoms with Crippen molar-refractivity contribution in [3.05, 3.63) is 22.4 Å². The lowest BCUT2D eigenvalue weighted by Gasteiger charge is -2.31. The van der Waals surface area contributed by atoms with E-state index in [2.05, 4.69) is 34.0 Å². The molecule has 0 saturated heterocycles. The number of alkyl halides is 3. The zero-order valence-corrected chi connectivity index (χ0v) is 17.8. The lowest BCUT2D eigenvalue weighted by Crippen LogP contribution is -2.46. The van der Waals surface area contributed by atoms with E-state index in [1.807, 2.05) is 13.0 Å². The summed E-state index contributed by atoms with van der Waals surface area (Å²) in [6, 6.07) is 4.20. The highest BCUT2D eigenvalue weighted by Crippen LogP contribution is 2.37. The second-order valence-electron chi connectivity index (χ2n) is 6.37. The van der Waals surface area contributed by atoms with Crippen molar-refractivity contribution in [3.63, 3.8) is 0 Å². The highest BCUT2D eigenvalue weighted by Gasteiger charge is 2.41. The van der Waals surface area contributed by atoms with Gasteiger partial charge in [0.1, 0.15) is 0 Å². The summed E-state index contributed by atoms with van der Waals surface area (Å²) in [5.74, 6) is -0.105. The maximum atomic E-state index is 12.7. The van der Waals surface area contributed by atoms with E-state index in [1.54, 1.807) is 11.3 Å². The van der Waals surface area contributed by atoms with E-state index in [4.69, 9.17) is 0 Å². The van der Waals surface area contributed by atoms with Crippen LogP contribution in [0, 0.1) is 5.92 Å². The quantitative estimate of drug-likeness (QED) is 0.341. The molecular weight excluding hydrogens is 462 g/mol. The van der Waals surface area contributed by atoms with Gasteiger partial charge in [-0.2, -0.15) is 13.2 Å². The molecule has 0 radical (unpaired) electrons. The van der Waals surface area contributed by atoms with Gasteiger partial charge in [0.05, 0.1) is 12.5 Å². The predicted octanol–water partition coefficient (Wildman–Crippen LogP) is 5.15. The summed E-state index contributed by atoms with van der Waals surface area (Å²) in [5.41, 5.74) is 0. The Morgan fingerprint density at radius 3 is 2.52 bits per heavy atom. The number of aliphatic imine (C=N–C) groups is 1. The van der Waals surface area contributed by atoms with Gasteiger partial charge in [-0.15, -0.1) is 35.3 Å². The molecule has 25 heavy (non-hydrogen) atoms. The number of hydrogen-bond acceptors (Lipinski definition) is 2. The summed E-state index contributed by atoms with van der Waals surface area (Å²) in [6.07, 6.45) is -2.58. The molecule has 8 heteroatoms. The van der Waals surface area contributed by atoms with Crippen molar-refractivity contribution in [3.8, 4) is 0 Å². The Hall–Kier alpha value is -0.510. The average molecular weight is 489 g/mol. The Kier molecular flexibility index (Phi) is 9.55. The second kappa shape index (κ2) is 10.6. The molecule has 1 aliphatic carbocycles. The molecule has 2 rings (SSSR count). The summed E-state index contributed by atoms with van der Waals surface area (Å²) in [5, 5.41) is 8.55. The third-order valence-corrected chi connectivity index (χ3v) is 5.53. The molecule has 144 valence electrons. The number of nitrogens with one attached hydrogen (secondary N) is 2. The Labute approximate surface area is 168 Å². The molecule has 1 saturated carbocycles. The fourth-order valence-corrected chi connectivity index (χ4v) is 3.75. The summed E-state index contributed by atoms with van der Waals surface area (Å²) in [4.78, 5) is 5.90. The fraction of sp³-hybridized carbons (Fsp3) is 0.706. The van der Waals surface area contributed by atoms with Crippen LogP contribution in [0.4, 0.5) is 13.2 Å². The first-order valence-electron chi connectivity index (χ1n) is 8.55. The van der Waals surface area contributed by atoms with Crippen LogP contribution in [0.2, 0.25) is 0 Å². The Morgan fingerprint density at radius 2 is 2.00 bits per heavy atom. The number of hydrogen-bond donors (Lipinski definition) is 2. The van der Waals surface area contributed by atoms with Crippen molar-refractivity contribution in [1.29, 1.82) is 0 Å².